The van der Waals surface area contributed by atoms with Crippen molar-refractivity contribution in [3.05, 3.63) is 48.0 Å². The maximum absolute atomic E-state index is 10.7. The number of carboxylic acids is 1. The average Bonchev–Trinajstić information content (AvgIpc) is 2.45. The van der Waals surface area contributed by atoms with E-state index in [2.05, 4.69) is 5.73 Å². The van der Waals surface area contributed by atoms with Gasteiger partial charge in [-0.1, -0.05) is 30.0 Å². The number of hydrogen-bond acceptors (Lipinski definition) is 4. The van der Waals surface area contributed by atoms with Crippen LogP contribution in [0, 0.1) is 0 Å². The van der Waals surface area contributed by atoms with Gasteiger partial charge in [0.2, 0.25) is 6.41 Å². The lowest BCUT2D eigenvalue weighted by Gasteiger charge is -2.19. The number of rotatable bonds is 2. The van der Waals surface area contributed by atoms with Crippen molar-refractivity contribution in [3.8, 4) is 11.5 Å². The standard InChI is InChI=1S/C14H10O3S.CH3NO/c15-14(16)8-9-5-6-13-11(7-9)17-10-3-1-2-4-12(10)18-13;2-1-3/h1-7H,8H2,(H,15,16);1H,(H2,2,3). The summed E-state index contributed by atoms with van der Waals surface area (Å²) in [6, 6.07) is 13.4. The normalized spacial score (nSPS) is 11.0. The Hall–Kier alpha value is -2.47. The highest BCUT2D eigenvalue weighted by Crippen LogP contribution is 2.46. The Morgan fingerprint density at radius 3 is 2.57 bits per heavy atom. The molecule has 5 nitrogen and oxygen atoms in total. The summed E-state index contributed by atoms with van der Waals surface area (Å²) in [6.07, 6.45) is 0.267. The van der Waals surface area contributed by atoms with Crippen molar-refractivity contribution in [2.45, 2.75) is 16.2 Å². The molecule has 1 heterocycles. The van der Waals surface area contributed by atoms with Gasteiger partial charge in [0.05, 0.1) is 16.2 Å². The van der Waals surface area contributed by atoms with E-state index in [0.717, 1.165) is 26.9 Å². The molecule has 2 aromatic rings. The Labute approximate surface area is 125 Å². The molecule has 0 saturated carbocycles. The molecule has 0 unspecified atom stereocenters. The van der Waals surface area contributed by atoms with Crippen molar-refractivity contribution in [1.82, 2.24) is 0 Å². The molecule has 0 aromatic heterocycles. The number of amides is 1. The first-order valence-corrected chi connectivity index (χ1v) is 6.90. The fraction of sp³-hybridized carbons (Fsp3) is 0.0667. The zero-order chi connectivity index (χ0) is 15.2. The number of primary amides is 1. The number of benzene rings is 2. The largest absolute Gasteiger partial charge is 0.481 e. The predicted octanol–water partition coefficient (Wildman–Crippen LogP) is 2.67. The smallest absolute Gasteiger partial charge is 0.307 e. The van der Waals surface area contributed by atoms with Crippen LogP contribution in [0.4, 0.5) is 0 Å². The molecule has 0 saturated heterocycles. The molecule has 0 bridgehead atoms. The number of para-hydroxylation sites is 1. The lowest BCUT2D eigenvalue weighted by atomic mass is 10.1. The molecule has 1 aliphatic heterocycles. The summed E-state index contributed by atoms with van der Waals surface area (Å²) in [5.74, 6) is 0.721. The van der Waals surface area contributed by atoms with Crippen LogP contribution in [0.1, 0.15) is 5.56 Å². The molecule has 0 fully saturated rings. The lowest BCUT2D eigenvalue weighted by Crippen LogP contribution is -2.01. The zero-order valence-corrected chi connectivity index (χ0v) is 11.8. The highest BCUT2D eigenvalue weighted by molar-refractivity contribution is 7.99. The van der Waals surface area contributed by atoms with Gasteiger partial charge in [-0.15, -0.1) is 0 Å². The molecular weight excluding hydrogens is 290 g/mol. The Balaban J connectivity index is 0.000000497. The Kier molecular flexibility index (Phi) is 4.84. The number of nitrogens with two attached hydrogens (primary N) is 1. The van der Waals surface area contributed by atoms with Crippen LogP contribution in [0.25, 0.3) is 0 Å². The topological polar surface area (TPSA) is 89.6 Å². The van der Waals surface area contributed by atoms with Crippen molar-refractivity contribution in [1.29, 1.82) is 0 Å². The monoisotopic (exact) mass is 303 g/mol. The third-order valence-electron chi connectivity index (χ3n) is 2.65. The third kappa shape index (κ3) is 3.76. The second kappa shape index (κ2) is 6.81. The first kappa shape index (κ1) is 14.9. The zero-order valence-electron chi connectivity index (χ0n) is 11.0. The number of carbonyl (C=O) groups is 2. The summed E-state index contributed by atoms with van der Waals surface area (Å²) >= 11 is 1.64. The van der Waals surface area contributed by atoms with Gasteiger partial charge < -0.3 is 15.6 Å². The van der Waals surface area contributed by atoms with Gasteiger partial charge in [0.25, 0.3) is 0 Å². The van der Waals surface area contributed by atoms with Gasteiger partial charge in [-0.25, -0.2) is 0 Å². The molecule has 1 amide bonds. The minimum atomic E-state index is -0.834. The van der Waals surface area contributed by atoms with Crippen LogP contribution in [-0.2, 0) is 16.0 Å². The molecule has 6 heteroatoms. The van der Waals surface area contributed by atoms with Crippen LogP contribution >= 0.6 is 11.8 Å². The second-order valence-electron chi connectivity index (χ2n) is 4.14. The van der Waals surface area contributed by atoms with Crippen molar-refractivity contribution < 1.29 is 19.4 Å². The molecule has 3 rings (SSSR count). The molecule has 0 radical (unpaired) electrons. The Morgan fingerprint density at radius 2 is 1.86 bits per heavy atom. The molecule has 0 spiro atoms. The summed E-state index contributed by atoms with van der Waals surface area (Å²) in [4.78, 5) is 21.4. The van der Waals surface area contributed by atoms with Gasteiger partial charge in [-0.3, -0.25) is 9.59 Å². The molecular formula is C15H13NO4S. The van der Waals surface area contributed by atoms with Crippen LogP contribution in [0.2, 0.25) is 0 Å². The number of hydrogen-bond donors (Lipinski definition) is 2. The van der Waals surface area contributed by atoms with Crippen LogP contribution in [-0.4, -0.2) is 17.5 Å². The Bertz CT molecular complexity index is 672. The van der Waals surface area contributed by atoms with E-state index >= 15 is 0 Å². The van der Waals surface area contributed by atoms with E-state index in [1.165, 1.54) is 0 Å². The van der Waals surface area contributed by atoms with Crippen molar-refractivity contribution >= 4 is 24.1 Å². The van der Waals surface area contributed by atoms with Gasteiger partial charge >= 0.3 is 5.97 Å². The number of carboxylic acid groups (broad SMARTS) is 1. The van der Waals surface area contributed by atoms with E-state index in [-0.39, 0.29) is 12.8 Å². The lowest BCUT2D eigenvalue weighted by molar-refractivity contribution is -0.136. The second-order valence-corrected chi connectivity index (χ2v) is 5.22. The number of fused-ring (bicyclic) bond motifs is 2. The third-order valence-corrected chi connectivity index (χ3v) is 3.77. The summed E-state index contributed by atoms with van der Waals surface area (Å²) in [7, 11) is 0. The van der Waals surface area contributed by atoms with E-state index < -0.39 is 5.97 Å². The van der Waals surface area contributed by atoms with Crippen molar-refractivity contribution in [3.63, 3.8) is 0 Å². The first-order valence-electron chi connectivity index (χ1n) is 6.09. The molecule has 21 heavy (non-hydrogen) atoms. The maximum Gasteiger partial charge on any atom is 0.307 e. The molecule has 0 atom stereocenters. The van der Waals surface area contributed by atoms with Crippen LogP contribution in [0.3, 0.4) is 0 Å². The molecule has 108 valence electrons. The fourth-order valence-electron chi connectivity index (χ4n) is 1.86. The van der Waals surface area contributed by atoms with Crippen molar-refractivity contribution in [2.24, 2.45) is 5.73 Å². The van der Waals surface area contributed by atoms with Crippen LogP contribution < -0.4 is 10.5 Å². The van der Waals surface area contributed by atoms with Gasteiger partial charge in [-0.2, -0.15) is 0 Å². The number of carbonyl (C=O) groups excluding carboxylic acids is 1. The van der Waals surface area contributed by atoms with E-state index in [0.29, 0.717) is 0 Å². The maximum atomic E-state index is 10.7. The van der Waals surface area contributed by atoms with Gasteiger partial charge in [0.15, 0.2) is 0 Å². The van der Waals surface area contributed by atoms with E-state index in [4.69, 9.17) is 14.6 Å². The minimum absolute atomic E-state index is 0.0168. The van der Waals surface area contributed by atoms with E-state index in [1.807, 2.05) is 36.4 Å². The highest BCUT2D eigenvalue weighted by atomic mass is 32.2. The minimum Gasteiger partial charge on any atom is -0.481 e. The first-order chi connectivity index (χ1) is 10.1. The van der Waals surface area contributed by atoms with Crippen LogP contribution in [0.15, 0.2) is 52.3 Å². The summed E-state index contributed by atoms with van der Waals surface area (Å²) in [5.41, 5.74) is 4.92. The highest BCUT2D eigenvalue weighted by Gasteiger charge is 2.17. The van der Waals surface area contributed by atoms with Crippen molar-refractivity contribution in [2.75, 3.05) is 0 Å². The summed E-state index contributed by atoms with van der Waals surface area (Å²) in [5, 5.41) is 8.78. The van der Waals surface area contributed by atoms with Gasteiger partial charge in [-0.05, 0) is 29.8 Å². The fourth-order valence-corrected chi connectivity index (χ4v) is 2.79. The summed E-state index contributed by atoms with van der Waals surface area (Å²) < 4.78 is 5.79. The number of aliphatic carboxylic acids is 1. The quantitative estimate of drug-likeness (QED) is 0.710. The summed E-state index contributed by atoms with van der Waals surface area (Å²) in [6.45, 7) is 0. The molecule has 3 N–H and O–H groups in total. The average molecular weight is 303 g/mol. The van der Waals surface area contributed by atoms with Gasteiger partial charge in [0.1, 0.15) is 11.5 Å². The molecule has 2 aromatic carbocycles. The Morgan fingerprint density at radius 1 is 1.19 bits per heavy atom. The molecule has 0 aliphatic carbocycles. The number of ether oxygens (including phenoxy) is 1. The van der Waals surface area contributed by atoms with E-state index in [1.54, 1.807) is 17.8 Å². The predicted molar refractivity (Wildman–Crippen MR) is 78.7 cm³/mol. The van der Waals surface area contributed by atoms with Crippen LogP contribution in [0.5, 0.6) is 11.5 Å². The van der Waals surface area contributed by atoms with Gasteiger partial charge in [0, 0.05) is 0 Å². The molecule has 1 aliphatic rings. The van der Waals surface area contributed by atoms with E-state index in [9.17, 15) is 4.79 Å². The SMILES string of the molecule is NC=O.O=C(O)Cc1ccc2c(c1)Oc1ccccc1S2.